The lowest BCUT2D eigenvalue weighted by Crippen LogP contribution is -2.38. The highest BCUT2D eigenvalue weighted by atomic mass is 79.9. The average molecular weight is 501 g/mol. The standard InChI is InChI=1S/C20H23BrClN3O3S/c1-11(24-19(26)28-20(2,3)4)8-14-16(21)17-18(27-14)13(9-15(22)25-17)23-10-12-6-5-7-29-12/h5-7,9,11H,8,10H2,1-4H3,(H,23,25)(H,24,26)/t11-/m0/s1. The summed E-state index contributed by atoms with van der Waals surface area (Å²) >= 11 is 11.5. The second-order valence-electron chi connectivity index (χ2n) is 7.69. The lowest BCUT2D eigenvalue weighted by Gasteiger charge is -2.21. The van der Waals surface area contributed by atoms with Crippen LogP contribution in [-0.2, 0) is 17.7 Å². The molecule has 0 unspecified atom stereocenters. The van der Waals surface area contributed by atoms with Gasteiger partial charge in [-0.05, 0) is 55.1 Å². The fraction of sp³-hybridized carbons (Fsp3) is 0.400. The number of hydrogen-bond acceptors (Lipinski definition) is 6. The molecule has 1 amide bonds. The minimum absolute atomic E-state index is 0.195. The van der Waals surface area contributed by atoms with Crippen molar-refractivity contribution in [1.29, 1.82) is 0 Å². The molecule has 3 aromatic heterocycles. The number of pyridine rings is 1. The van der Waals surface area contributed by atoms with Gasteiger partial charge in [0, 0.05) is 30.0 Å². The minimum Gasteiger partial charge on any atom is -0.456 e. The molecule has 29 heavy (non-hydrogen) atoms. The summed E-state index contributed by atoms with van der Waals surface area (Å²) in [5.74, 6) is 0.678. The molecule has 2 N–H and O–H groups in total. The van der Waals surface area contributed by atoms with E-state index in [0.29, 0.717) is 35.0 Å². The van der Waals surface area contributed by atoms with Gasteiger partial charge in [0.25, 0.3) is 0 Å². The molecule has 0 spiro atoms. The van der Waals surface area contributed by atoms with Crippen LogP contribution in [0.4, 0.5) is 10.5 Å². The smallest absolute Gasteiger partial charge is 0.407 e. The van der Waals surface area contributed by atoms with Gasteiger partial charge in [0.1, 0.15) is 22.0 Å². The number of alkyl carbamates (subject to hydrolysis) is 1. The Labute approximate surface area is 187 Å². The van der Waals surface area contributed by atoms with Crippen molar-refractivity contribution in [3.05, 3.63) is 43.8 Å². The first-order chi connectivity index (χ1) is 13.6. The number of amides is 1. The quantitative estimate of drug-likeness (QED) is 0.384. The molecule has 0 aliphatic rings. The molecule has 3 rings (SSSR count). The molecule has 0 bridgehead atoms. The Kier molecular flexibility index (Phi) is 6.76. The summed E-state index contributed by atoms with van der Waals surface area (Å²) in [6.45, 7) is 8.03. The number of fused-ring (bicyclic) bond motifs is 1. The molecule has 6 nitrogen and oxygen atoms in total. The maximum Gasteiger partial charge on any atom is 0.407 e. The Morgan fingerprint density at radius 2 is 2.21 bits per heavy atom. The van der Waals surface area contributed by atoms with Gasteiger partial charge >= 0.3 is 6.09 Å². The van der Waals surface area contributed by atoms with Crippen molar-refractivity contribution in [1.82, 2.24) is 10.3 Å². The first kappa shape index (κ1) is 21.9. The zero-order valence-corrected chi connectivity index (χ0v) is 19.8. The average Bonchev–Trinajstić information content (AvgIpc) is 3.21. The predicted molar refractivity (Wildman–Crippen MR) is 121 cm³/mol. The molecule has 1 atom stereocenters. The van der Waals surface area contributed by atoms with E-state index >= 15 is 0 Å². The summed E-state index contributed by atoms with van der Waals surface area (Å²) < 4.78 is 12.1. The van der Waals surface area contributed by atoms with Crippen molar-refractivity contribution in [3.8, 4) is 0 Å². The van der Waals surface area contributed by atoms with Gasteiger partial charge in [-0.1, -0.05) is 17.7 Å². The van der Waals surface area contributed by atoms with Crippen LogP contribution < -0.4 is 10.6 Å². The largest absolute Gasteiger partial charge is 0.456 e. The van der Waals surface area contributed by atoms with E-state index in [0.717, 1.165) is 10.2 Å². The van der Waals surface area contributed by atoms with Crippen molar-refractivity contribution in [2.24, 2.45) is 0 Å². The van der Waals surface area contributed by atoms with E-state index in [-0.39, 0.29) is 6.04 Å². The molecule has 0 saturated heterocycles. The third-order valence-corrected chi connectivity index (χ3v) is 5.80. The van der Waals surface area contributed by atoms with E-state index in [4.69, 9.17) is 20.8 Å². The Hall–Kier alpha value is -1.77. The topological polar surface area (TPSA) is 76.4 Å². The number of carbonyl (C=O) groups excluding carboxylic acids is 1. The third-order valence-electron chi connectivity index (χ3n) is 3.91. The molecule has 0 fully saturated rings. The first-order valence-corrected chi connectivity index (χ1v) is 11.2. The van der Waals surface area contributed by atoms with Crippen LogP contribution in [0.15, 0.2) is 32.5 Å². The number of ether oxygens (including phenoxy) is 1. The summed E-state index contributed by atoms with van der Waals surface area (Å²) in [5.41, 5.74) is 1.49. The molecule has 3 heterocycles. The zero-order chi connectivity index (χ0) is 21.2. The normalized spacial score (nSPS) is 12.8. The summed E-state index contributed by atoms with van der Waals surface area (Å²) in [5, 5.41) is 8.60. The SMILES string of the molecule is C[C@@H](Cc1oc2c(NCc3cccs3)cc(Cl)nc2c1Br)NC(=O)OC(C)(C)C. The Balaban J connectivity index is 1.77. The molecule has 3 aromatic rings. The van der Waals surface area contributed by atoms with Gasteiger partial charge < -0.3 is 19.8 Å². The van der Waals surface area contributed by atoms with Gasteiger partial charge in [0.05, 0.1) is 10.2 Å². The summed E-state index contributed by atoms with van der Waals surface area (Å²) in [6, 6.07) is 5.63. The highest BCUT2D eigenvalue weighted by molar-refractivity contribution is 9.10. The first-order valence-electron chi connectivity index (χ1n) is 9.15. The van der Waals surface area contributed by atoms with Crippen LogP contribution >= 0.6 is 38.9 Å². The highest BCUT2D eigenvalue weighted by Gasteiger charge is 2.22. The third kappa shape index (κ3) is 5.87. The number of rotatable bonds is 6. The molecular formula is C20H23BrClN3O3S. The van der Waals surface area contributed by atoms with E-state index in [1.807, 2.05) is 39.1 Å². The van der Waals surface area contributed by atoms with Crippen LogP contribution in [0, 0.1) is 0 Å². The van der Waals surface area contributed by atoms with Crippen molar-refractivity contribution in [3.63, 3.8) is 0 Å². The fourth-order valence-corrected chi connectivity index (χ4v) is 4.10. The van der Waals surface area contributed by atoms with Gasteiger partial charge in [-0.15, -0.1) is 11.3 Å². The van der Waals surface area contributed by atoms with E-state index in [9.17, 15) is 4.79 Å². The van der Waals surface area contributed by atoms with Crippen molar-refractivity contribution in [2.75, 3.05) is 5.32 Å². The molecule has 0 radical (unpaired) electrons. The van der Waals surface area contributed by atoms with E-state index in [2.05, 4.69) is 37.6 Å². The molecule has 0 aliphatic heterocycles. The number of anilines is 1. The monoisotopic (exact) mass is 499 g/mol. The van der Waals surface area contributed by atoms with Crippen LogP contribution in [0.1, 0.15) is 38.3 Å². The number of nitrogens with zero attached hydrogens (tertiary/aromatic N) is 1. The minimum atomic E-state index is -0.548. The number of carbonyl (C=O) groups is 1. The van der Waals surface area contributed by atoms with Gasteiger partial charge in [-0.3, -0.25) is 0 Å². The number of furan rings is 1. The van der Waals surface area contributed by atoms with E-state index < -0.39 is 11.7 Å². The summed E-state index contributed by atoms with van der Waals surface area (Å²) in [6.07, 6.45) is 0.00902. The number of hydrogen-bond donors (Lipinski definition) is 2. The van der Waals surface area contributed by atoms with Crippen LogP contribution in [0.5, 0.6) is 0 Å². The van der Waals surface area contributed by atoms with Gasteiger partial charge in [0.2, 0.25) is 0 Å². The van der Waals surface area contributed by atoms with Crippen molar-refractivity contribution in [2.45, 2.75) is 52.3 Å². The van der Waals surface area contributed by atoms with Crippen molar-refractivity contribution < 1.29 is 13.9 Å². The molecular weight excluding hydrogens is 478 g/mol. The maximum atomic E-state index is 12.0. The number of aromatic nitrogens is 1. The van der Waals surface area contributed by atoms with Gasteiger partial charge in [0.15, 0.2) is 5.58 Å². The number of thiophene rings is 1. The Morgan fingerprint density at radius 3 is 2.86 bits per heavy atom. The predicted octanol–water partition coefficient (Wildman–Crippen LogP) is 6.37. The van der Waals surface area contributed by atoms with Crippen LogP contribution in [-0.4, -0.2) is 22.7 Å². The number of nitrogens with one attached hydrogen (secondary N) is 2. The Bertz CT molecular complexity index is 999. The van der Waals surface area contributed by atoms with Crippen LogP contribution in [0.25, 0.3) is 11.1 Å². The molecule has 9 heteroatoms. The van der Waals surface area contributed by atoms with Crippen LogP contribution in [0.2, 0.25) is 5.15 Å². The zero-order valence-electron chi connectivity index (χ0n) is 16.6. The Morgan fingerprint density at radius 1 is 1.45 bits per heavy atom. The molecule has 0 aromatic carbocycles. The summed E-state index contributed by atoms with van der Waals surface area (Å²) in [7, 11) is 0. The second-order valence-corrected chi connectivity index (χ2v) is 9.91. The van der Waals surface area contributed by atoms with Crippen molar-refractivity contribution >= 4 is 61.7 Å². The maximum absolute atomic E-state index is 12.0. The highest BCUT2D eigenvalue weighted by Crippen LogP contribution is 2.36. The fourth-order valence-electron chi connectivity index (χ4n) is 2.75. The van der Waals surface area contributed by atoms with Crippen LogP contribution in [0.3, 0.4) is 0 Å². The second kappa shape index (κ2) is 8.93. The number of halogens is 2. The van der Waals surface area contributed by atoms with E-state index in [1.54, 1.807) is 17.4 Å². The molecule has 0 saturated carbocycles. The lowest BCUT2D eigenvalue weighted by atomic mass is 10.2. The van der Waals surface area contributed by atoms with E-state index in [1.165, 1.54) is 4.88 Å². The molecule has 0 aliphatic carbocycles. The summed E-state index contributed by atoms with van der Waals surface area (Å²) in [4.78, 5) is 17.6. The lowest BCUT2D eigenvalue weighted by molar-refractivity contribution is 0.0507. The van der Waals surface area contributed by atoms with Gasteiger partial charge in [-0.2, -0.15) is 0 Å². The van der Waals surface area contributed by atoms with Gasteiger partial charge in [-0.25, -0.2) is 9.78 Å². The molecule has 156 valence electrons.